The van der Waals surface area contributed by atoms with Gasteiger partial charge in [0.05, 0.1) is 0 Å². The summed E-state index contributed by atoms with van der Waals surface area (Å²) in [6.07, 6.45) is 3.07. The Balaban J connectivity index is 2.48. The standard InChI is InChI=1S/C11H14IO/c1-12-10-6-2-5-9-8(10)4-3-7-11(9)13/h2,5-6,11,13H,3-4,7H2,1H3/q-1. The molecule has 0 saturated heterocycles. The van der Waals surface area contributed by atoms with Crippen molar-refractivity contribution in [3.63, 3.8) is 0 Å². The summed E-state index contributed by atoms with van der Waals surface area (Å²) in [5.41, 5.74) is 2.65. The van der Waals surface area contributed by atoms with Gasteiger partial charge in [0.25, 0.3) is 0 Å². The van der Waals surface area contributed by atoms with Crippen LogP contribution in [-0.4, -0.2) is 10.0 Å². The number of hydrogen-bond acceptors (Lipinski definition) is 1. The SMILES string of the molecule is C[I-]c1cccc2c1CCCC2O. The van der Waals surface area contributed by atoms with Crippen molar-refractivity contribution >= 4 is 0 Å². The zero-order valence-electron chi connectivity index (χ0n) is 7.76. The van der Waals surface area contributed by atoms with Gasteiger partial charge in [-0.05, 0) is 0 Å². The Morgan fingerprint density at radius 1 is 1.46 bits per heavy atom. The van der Waals surface area contributed by atoms with Crippen LogP contribution in [0.3, 0.4) is 0 Å². The van der Waals surface area contributed by atoms with Gasteiger partial charge in [-0.3, -0.25) is 0 Å². The molecule has 0 radical (unpaired) electrons. The molecule has 0 aromatic heterocycles. The minimum atomic E-state index is -0.195. The van der Waals surface area contributed by atoms with Crippen molar-refractivity contribution in [1.29, 1.82) is 0 Å². The van der Waals surface area contributed by atoms with Crippen LogP contribution in [0, 0.1) is 3.57 Å². The van der Waals surface area contributed by atoms with Crippen LogP contribution < -0.4 is 21.2 Å². The normalized spacial score (nSPS) is 21.5. The van der Waals surface area contributed by atoms with Crippen molar-refractivity contribution in [2.24, 2.45) is 0 Å². The molecule has 0 saturated carbocycles. The van der Waals surface area contributed by atoms with E-state index >= 15 is 0 Å². The summed E-state index contributed by atoms with van der Waals surface area (Å²) in [6.45, 7) is 0. The predicted molar refractivity (Wildman–Crippen MR) is 49.0 cm³/mol. The molecule has 1 aromatic rings. The topological polar surface area (TPSA) is 20.2 Å². The number of aliphatic hydroxyl groups excluding tert-OH is 1. The molecule has 1 nitrogen and oxygen atoms in total. The molecular weight excluding hydrogens is 275 g/mol. The molecule has 72 valence electrons. The van der Waals surface area contributed by atoms with Crippen LogP contribution in [-0.2, 0) is 6.42 Å². The quantitative estimate of drug-likeness (QED) is 0.516. The van der Waals surface area contributed by atoms with Crippen molar-refractivity contribution < 1.29 is 26.3 Å². The summed E-state index contributed by atoms with van der Waals surface area (Å²) < 4.78 is 1.52. The first-order chi connectivity index (χ1) is 6.33. The molecule has 1 N–H and O–H groups in total. The number of fused-ring (bicyclic) bond motifs is 1. The van der Waals surface area contributed by atoms with Gasteiger partial charge < -0.3 is 0 Å². The molecule has 1 aromatic carbocycles. The van der Waals surface area contributed by atoms with Crippen LogP contribution in [0.4, 0.5) is 0 Å². The average Bonchev–Trinajstić information content (AvgIpc) is 2.18. The molecule has 0 bridgehead atoms. The van der Waals surface area contributed by atoms with E-state index in [9.17, 15) is 5.11 Å². The third-order valence-electron chi connectivity index (χ3n) is 2.62. The summed E-state index contributed by atoms with van der Waals surface area (Å²) in [5, 5.41) is 9.79. The molecule has 0 amide bonds. The second kappa shape index (κ2) is 3.96. The van der Waals surface area contributed by atoms with E-state index in [0.29, 0.717) is 0 Å². The van der Waals surface area contributed by atoms with E-state index in [1.807, 2.05) is 0 Å². The van der Waals surface area contributed by atoms with Gasteiger partial charge >= 0.3 is 89.5 Å². The van der Waals surface area contributed by atoms with Gasteiger partial charge in [-0.1, -0.05) is 0 Å². The number of rotatable bonds is 1. The molecular formula is C11H14IO-. The Morgan fingerprint density at radius 3 is 3.08 bits per heavy atom. The molecule has 1 aliphatic carbocycles. The summed E-state index contributed by atoms with van der Waals surface area (Å²) in [7, 11) is 0. The summed E-state index contributed by atoms with van der Waals surface area (Å²) in [5.74, 6) is 0. The van der Waals surface area contributed by atoms with Crippen molar-refractivity contribution in [3.8, 4) is 0 Å². The monoisotopic (exact) mass is 289 g/mol. The molecule has 2 heteroatoms. The van der Waals surface area contributed by atoms with Crippen LogP contribution in [0.15, 0.2) is 18.2 Å². The van der Waals surface area contributed by atoms with Gasteiger partial charge in [0, 0.05) is 0 Å². The van der Waals surface area contributed by atoms with E-state index in [0.717, 1.165) is 12.8 Å². The van der Waals surface area contributed by atoms with E-state index in [2.05, 4.69) is 23.1 Å². The van der Waals surface area contributed by atoms with E-state index in [4.69, 9.17) is 0 Å². The molecule has 1 atom stereocenters. The molecule has 1 aliphatic rings. The third-order valence-corrected chi connectivity index (χ3v) is 4.79. The number of alkyl halides is 1. The Morgan fingerprint density at radius 2 is 2.31 bits per heavy atom. The Labute approximate surface area is 89.4 Å². The van der Waals surface area contributed by atoms with E-state index in [1.54, 1.807) is 0 Å². The number of halogens is 1. The molecule has 0 aliphatic heterocycles. The third kappa shape index (κ3) is 1.74. The predicted octanol–water partition coefficient (Wildman–Crippen LogP) is -1.06. The number of hydrogen-bond donors (Lipinski definition) is 1. The van der Waals surface area contributed by atoms with E-state index < -0.39 is 0 Å². The first-order valence-corrected chi connectivity index (χ1v) is 7.86. The minimum absolute atomic E-state index is 0.162. The summed E-state index contributed by atoms with van der Waals surface area (Å²) >= 11 is 0.162. The molecule has 1 unspecified atom stereocenters. The van der Waals surface area contributed by atoms with Crippen molar-refractivity contribution in [2.75, 3.05) is 4.93 Å². The maximum absolute atomic E-state index is 9.79. The van der Waals surface area contributed by atoms with Gasteiger partial charge in [0.2, 0.25) is 0 Å². The second-order valence-electron chi connectivity index (χ2n) is 3.40. The van der Waals surface area contributed by atoms with Crippen molar-refractivity contribution in [3.05, 3.63) is 32.9 Å². The molecule has 0 fully saturated rings. The van der Waals surface area contributed by atoms with Crippen LogP contribution in [0.5, 0.6) is 0 Å². The first kappa shape index (κ1) is 9.46. The van der Waals surface area contributed by atoms with Crippen LogP contribution >= 0.6 is 0 Å². The van der Waals surface area contributed by atoms with Gasteiger partial charge in [0.15, 0.2) is 0 Å². The fraction of sp³-hybridized carbons (Fsp3) is 0.455. The Bertz CT molecular complexity index is 309. The summed E-state index contributed by atoms with van der Waals surface area (Å²) in [4.78, 5) is 2.29. The molecule has 0 heterocycles. The maximum atomic E-state index is 9.79. The van der Waals surface area contributed by atoms with Gasteiger partial charge in [-0.15, -0.1) is 0 Å². The van der Waals surface area contributed by atoms with Crippen LogP contribution in [0.2, 0.25) is 0 Å². The van der Waals surface area contributed by atoms with Crippen molar-refractivity contribution in [1.82, 2.24) is 0 Å². The molecule has 2 rings (SSSR count). The summed E-state index contributed by atoms with van der Waals surface area (Å²) in [6, 6.07) is 6.40. The second-order valence-corrected chi connectivity index (χ2v) is 5.65. The van der Waals surface area contributed by atoms with Crippen LogP contribution in [0.1, 0.15) is 30.1 Å². The fourth-order valence-electron chi connectivity index (χ4n) is 1.96. The number of aliphatic hydroxyl groups is 1. The molecule has 0 spiro atoms. The zero-order chi connectivity index (χ0) is 9.26. The first-order valence-electron chi connectivity index (χ1n) is 4.62. The van der Waals surface area contributed by atoms with E-state index in [-0.39, 0.29) is 27.3 Å². The van der Waals surface area contributed by atoms with Crippen molar-refractivity contribution in [2.45, 2.75) is 25.4 Å². The number of benzene rings is 1. The van der Waals surface area contributed by atoms with Crippen LogP contribution in [0.25, 0.3) is 0 Å². The zero-order valence-corrected chi connectivity index (χ0v) is 9.91. The Kier molecular flexibility index (Phi) is 2.89. The fourth-order valence-corrected chi connectivity index (χ4v) is 3.76. The average molecular weight is 289 g/mol. The van der Waals surface area contributed by atoms with Gasteiger partial charge in [0.1, 0.15) is 0 Å². The molecule has 13 heavy (non-hydrogen) atoms. The van der Waals surface area contributed by atoms with Gasteiger partial charge in [-0.2, -0.15) is 0 Å². The van der Waals surface area contributed by atoms with Gasteiger partial charge in [-0.25, -0.2) is 0 Å². The Hall–Kier alpha value is -0.0900. The van der Waals surface area contributed by atoms with E-state index in [1.165, 1.54) is 21.1 Å².